The van der Waals surface area contributed by atoms with Crippen molar-refractivity contribution in [2.45, 2.75) is 57.3 Å². The van der Waals surface area contributed by atoms with E-state index in [4.69, 9.17) is 10.3 Å². The lowest BCUT2D eigenvalue weighted by Gasteiger charge is -2.19. The van der Waals surface area contributed by atoms with Crippen LogP contribution in [-0.2, 0) is 17.4 Å². The first kappa shape index (κ1) is 26.1. The lowest BCUT2D eigenvalue weighted by Crippen LogP contribution is -2.44. The minimum absolute atomic E-state index is 0.00933. The van der Waals surface area contributed by atoms with Crippen molar-refractivity contribution in [2.75, 3.05) is 16.0 Å². The molecule has 1 aliphatic rings. The fraction of sp³-hybridized carbons (Fsp3) is 0.360. The third kappa shape index (κ3) is 7.06. The highest BCUT2D eigenvalue weighted by molar-refractivity contribution is 6.00. The zero-order chi connectivity index (χ0) is 26.6. The molecule has 1 saturated carbocycles. The number of rotatable bonds is 6. The van der Waals surface area contributed by atoms with E-state index in [0.717, 1.165) is 48.9 Å². The monoisotopic (exact) mass is 517 g/mol. The van der Waals surface area contributed by atoms with Crippen molar-refractivity contribution in [1.29, 1.82) is 0 Å². The first-order chi connectivity index (χ1) is 17.6. The normalized spacial score (nSPS) is 17.8. The van der Waals surface area contributed by atoms with E-state index < -0.39 is 23.7 Å². The minimum atomic E-state index is -4.69. The maximum atomic E-state index is 13.5. The molecule has 1 aromatic heterocycles. The molecule has 2 aromatic carbocycles. The van der Waals surface area contributed by atoms with Crippen molar-refractivity contribution < 1.29 is 32.0 Å². The van der Waals surface area contributed by atoms with Gasteiger partial charge < -0.3 is 16.4 Å². The van der Waals surface area contributed by atoms with Gasteiger partial charge in [-0.15, -0.1) is 0 Å². The zero-order valence-electron chi connectivity index (χ0n) is 20.1. The molecular weight excluding hydrogens is 489 g/mol. The van der Waals surface area contributed by atoms with E-state index in [1.54, 1.807) is 16.8 Å². The van der Waals surface area contributed by atoms with Gasteiger partial charge in [0, 0.05) is 30.3 Å². The molecule has 0 aliphatic heterocycles. The summed E-state index contributed by atoms with van der Waals surface area (Å²) < 4.78 is 47.2. The summed E-state index contributed by atoms with van der Waals surface area (Å²) in [7, 11) is 0. The lowest BCUT2D eigenvalue weighted by molar-refractivity contribution is -0.787. The number of hydrogen-bond acceptors (Lipinski definition) is 5. The Balaban J connectivity index is 1.43. The number of amides is 3. The van der Waals surface area contributed by atoms with E-state index in [1.165, 1.54) is 12.3 Å². The fourth-order valence-electron chi connectivity index (χ4n) is 4.25. The Labute approximate surface area is 211 Å². The van der Waals surface area contributed by atoms with E-state index in [1.807, 2.05) is 19.1 Å². The number of benzene rings is 2. The lowest BCUT2D eigenvalue weighted by atomic mass is 9.92. The number of nitrogens with one attached hydrogen (secondary N) is 3. The highest BCUT2D eigenvalue weighted by atomic mass is 19.4. The molecule has 37 heavy (non-hydrogen) atoms. The Morgan fingerprint density at radius 1 is 1.05 bits per heavy atom. The van der Waals surface area contributed by atoms with Crippen LogP contribution >= 0.6 is 0 Å². The third-order valence-corrected chi connectivity index (χ3v) is 6.25. The molecule has 9 nitrogen and oxygen atoms in total. The second-order valence-corrected chi connectivity index (χ2v) is 9.14. The number of nitrogens with two attached hydrogens (primary N) is 1. The summed E-state index contributed by atoms with van der Waals surface area (Å²) in [6.45, 7) is 1.84. The molecule has 1 fully saturated rings. The number of aromatic nitrogens is 2. The van der Waals surface area contributed by atoms with Gasteiger partial charge in [-0.2, -0.15) is 13.2 Å². The van der Waals surface area contributed by atoms with E-state index in [2.05, 4.69) is 21.2 Å². The Kier molecular flexibility index (Phi) is 7.77. The van der Waals surface area contributed by atoms with Crippen molar-refractivity contribution in [1.82, 2.24) is 5.27 Å². The van der Waals surface area contributed by atoms with Crippen LogP contribution in [0.2, 0.25) is 0 Å². The average molecular weight is 518 g/mol. The van der Waals surface area contributed by atoms with Crippen molar-refractivity contribution in [3.8, 4) is 0 Å². The second-order valence-electron chi connectivity index (χ2n) is 9.14. The summed E-state index contributed by atoms with van der Waals surface area (Å²) in [5.41, 5.74) is 6.28. The molecule has 12 heteroatoms. The first-order valence-electron chi connectivity index (χ1n) is 11.8. The SMILES string of the molecule is Cc1ccccc1CC(=O)Nc1cc(NC(=O)Nc2c[n+](C3CCC(N)CC3)no2)cc(C(F)(F)F)c1. The molecule has 0 saturated heterocycles. The smallest absolute Gasteiger partial charge is 0.328 e. The van der Waals surface area contributed by atoms with Crippen LogP contribution in [-0.4, -0.2) is 23.3 Å². The third-order valence-electron chi connectivity index (χ3n) is 6.25. The topological polar surface area (TPSA) is 126 Å². The number of carbonyl (C=O) groups is 2. The Morgan fingerprint density at radius 3 is 2.41 bits per heavy atom. The van der Waals surface area contributed by atoms with E-state index in [9.17, 15) is 22.8 Å². The fourth-order valence-corrected chi connectivity index (χ4v) is 4.25. The number of alkyl halides is 3. The average Bonchev–Trinajstić information content (AvgIpc) is 3.28. The van der Waals surface area contributed by atoms with Gasteiger partial charge in [-0.25, -0.2) is 4.79 Å². The molecule has 3 aromatic rings. The summed E-state index contributed by atoms with van der Waals surface area (Å²) in [4.78, 5) is 25.0. The first-order valence-corrected chi connectivity index (χ1v) is 11.8. The van der Waals surface area contributed by atoms with Crippen molar-refractivity contribution >= 4 is 29.2 Å². The van der Waals surface area contributed by atoms with Gasteiger partial charge in [-0.3, -0.25) is 14.6 Å². The standard InChI is InChI=1S/C25H27F3N6O3/c1-15-4-2-3-5-16(15)10-22(35)30-19-11-17(25(26,27)28)12-20(13-19)31-24(36)32-23-14-34(33-37-23)21-8-6-18(29)7-9-21/h2-5,11-14,18,21H,6-10,29H2,1H3,(H2-,30,31,32,33,35,36)/p+1. The molecule has 1 heterocycles. The van der Waals surface area contributed by atoms with Gasteiger partial charge in [0.2, 0.25) is 11.2 Å². The number of anilines is 3. The zero-order valence-corrected chi connectivity index (χ0v) is 20.1. The molecular formula is C25H28F3N6O3+. The summed E-state index contributed by atoms with van der Waals surface area (Å²) >= 11 is 0. The molecule has 196 valence electrons. The van der Waals surface area contributed by atoms with Gasteiger partial charge in [-0.05, 0) is 53.8 Å². The molecule has 3 amide bonds. The van der Waals surface area contributed by atoms with E-state index in [-0.39, 0.29) is 35.8 Å². The molecule has 0 unspecified atom stereocenters. The van der Waals surface area contributed by atoms with Crippen molar-refractivity contribution in [3.63, 3.8) is 0 Å². The highest BCUT2D eigenvalue weighted by Gasteiger charge is 2.32. The molecule has 0 spiro atoms. The molecule has 0 atom stereocenters. The molecule has 0 bridgehead atoms. The van der Waals surface area contributed by atoms with Crippen LogP contribution in [0.25, 0.3) is 0 Å². The number of aryl methyl sites for hydroxylation is 1. The summed E-state index contributed by atoms with van der Waals surface area (Å²) in [6.07, 6.45) is 0.178. The minimum Gasteiger partial charge on any atom is -0.328 e. The number of nitrogens with zero attached hydrogens (tertiary/aromatic N) is 2. The maximum Gasteiger partial charge on any atom is 0.416 e. The maximum absolute atomic E-state index is 13.5. The number of carbonyl (C=O) groups excluding carboxylic acids is 2. The van der Waals surface area contributed by atoms with Gasteiger partial charge in [0.15, 0.2) is 6.04 Å². The molecule has 1 aliphatic carbocycles. The van der Waals surface area contributed by atoms with Gasteiger partial charge in [0.25, 0.3) is 6.20 Å². The Hall–Kier alpha value is -3.93. The van der Waals surface area contributed by atoms with Gasteiger partial charge in [0.05, 0.1) is 12.0 Å². The summed E-state index contributed by atoms with van der Waals surface area (Å²) in [5, 5.41) is 11.2. The van der Waals surface area contributed by atoms with Crippen LogP contribution in [0.4, 0.5) is 35.2 Å². The van der Waals surface area contributed by atoms with Gasteiger partial charge in [-0.1, -0.05) is 24.3 Å². The number of halogens is 3. The van der Waals surface area contributed by atoms with E-state index >= 15 is 0 Å². The Morgan fingerprint density at radius 2 is 1.73 bits per heavy atom. The van der Waals surface area contributed by atoms with E-state index in [0.29, 0.717) is 0 Å². The molecule has 0 radical (unpaired) electrons. The number of hydrogen-bond donors (Lipinski definition) is 4. The van der Waals surface area contributed by atoms with Crippen LogP contribution in [0.15, 0.2) is 53.2 Å². The molecule has 5 N–H and O–H groups in total. The van der Waals surface area contributed by atoms with Crippen LogP contribution in [0.1, 0.15) is 48.4 Å². The largest absolute Gasteiger partial charge is 0.416 e. The Bertz CT molecular complexity index is 1270. The predicted molar refractivity (Wildman–Crippen MR) is 130 cm³/mol. The van der Waals surface area contributed by atoms with Crippen LogP contribution in [0.5, 0.6) is 0 Å². The molecule has 4 rings (SSSR count). The second kappa shape index (κ2) is 11.0. The quantitative estimate of drug-likeness (QED) is 0.357. The summed E-state index contributed by atoms with van der Waals surface area (Å²) in [6, 6.07) is 9.49. The van der Waals surface area contributed by atoms with Gasteiger partial charge >= 0.3 is 18.1 Å². The van der Waals surface area contributed by atoms with Crippen molar-refractivity contribution in [2.24, 2.45) is 5.73 Å². The predicted octanol–water partition coefficient (Wildman–Crippen LogP) is 4.56. The number of urea groups is 1. The van der Waals surface area contributed by atoms with Crippen LogP contribution in [0.3, 0.4) is 0 Å². The van der Waals surface area contributed by atoms with Crippen LogP contribution in [0, 0.1) is 6.92 Å². The highest BCUT2D eigenvalue weighted by Crippen LogP contribution is 2.33. The van der Waals surface area contributed by atoms with Crippen molar-refractivity contribution in [3.05, 3.63) is 65.4 Å². The van der Waals surface area contributed by atoms with Crippen LogP contribution < -0.4 is 26.4 Å². The summed E-state index contributed by atoms with van der Waals surface area (Å²) in [5.74, 6) is -0.454. The van der Waals surface area contributed by atoms with Gasteiger partial charge in [0.1, 0.15) is 0 Å².